The number of aliphatic hydroxyl groups is 1. The molecule has 0 unspecified atom stereocenters. The molecule has 0 aliphatic carbocycles. The summed E-state index contributed by atoms with van der Waals surface area (Å²) in [6, 6.07) is 10.1. The third-order valence-electron chi connectivity index (χ3n) is 4.35. The molecule has 0 saturated heterocycles. The molecule has 3 aromatic rings. The van der Waals surface area contributed by atoms with E-state index < -0.39 is 0 Å². The molecule has 0 spiro atoms. The van der Waals surface area contributed by atoms with Gasteiger partial charge in [-0.15, -0.1) is 11.3 Å². The van der Waals surface area contributed by atoms with E-state index in [9.17, 15) is 5.11 Å². The lowest BCUT2D eigenvalue weighted by molar-refractivity contribution is 0.119. The predicted octanol–water partition coefficient (Wildman–Crippen LogP) is 3.84. The minimum absolute atomic E-state index is 0.383. The average Bonchev–Trinajstić information content (AvgIpc) is 3.24. The van der Waals surface area contributed by atoms with E-state index in [4.69, 9.17) is 4.74 Å². The summed E-state index contributed by atoms with van der Waals surface area (Å²) in [7, 11) is 1.66. The molecule has 0 amide bonds. The van der Waals surface area contributed by atoms with Gasteiger partial charge >= 0.3 is 0 Å². The number of aromatic amines is 1. The summed E-state index contributed by atoms with van der Waals surface area (Å²) in [5.41, 5.74) is 4.49. The first-order chi connectivity index (χ1) is 12.6. The average molecular weight is 372 g/mol. The Morgan fingerprint density at radius 2 is 2.00 bits per heavy atom. The van der Waals surface area contributed by atoms with Crippen molar-refractivity contribution in [3.05, 3.63) is 57.9 Å². The number of methoxy groups -OCH3 is 1. The van der Waals surface area contributed by atoms with E-state index in [1.807, 2.05) is 37.4 Å². The summed E-state index contributed by atoms with van der Waals surface area (Å²) < 4.78 is 5.23. The second-order valence-electron chi connectivity index (χ2n) is 6.54. The highest BCUT2D eigenvalue weighted by Crippen LogP contribution is 2.26. The highest BCUT2D eigenvalue weighted by atomic mass is 32.1. The van der Waals surface area contributed by atoms with Gasteiger partial charge in [0, 0.05) is 35.6 Å². The first-order valence-electron chi connectivity index (χ1n) is 8.67. The first-order valence-corrected chi connectivity index (χ1v) is 9.55. The van der Waals surface area contributed by atoms with Crippen LogP contribution < -0.4 is 4.74 Å². The number of nitrogens with one attached hydrogen (secondary N) is 1. The molecule has 0 radical (unpaired) electrons. The fraction of sp³-hybridized carbons (Fsp3) is 0.350. The number of benzene rings is 1. The van der Waals surface area contributed by atoms with Crippen molar-refractivity contribution in [1.29, 1.82) is 0 Å². The Morgan fingerprint density at radius 1 is 1.23 bits per heavy atom. The van der Waals surface area contributed by atoms with Gasteiger partial charge < -0.3 is 9.84 Å². The summed E-state index contributed by atoms with van der Waals surface area (Å²) in [6.45, 7) is 6.12. The number of hydrogen-bond donors (Lipinski definition) is 2. The van der Waals surface area contributed by atoms with E-state index in [0.717, 1.165) is 35.7 Å². The molecular formula is C20H25N3O2S. The molecule has 26 heavy (non-hydrogen) atoms. The predicted molar refractivity (Wildman–Crippen MR) is 105 cm³/mol. The van der Waals surface area contributed by atoms with Crippen molar-refractivity contribution in [2.24, 2.45) is 0 Å². The van der Waals surface area contributed by atoms with E-state index in [-0.39, 0.29) is 6.10 Å². The molecule has 2 heterocycles. The topological polar surface area (TPSA) is 61.4 Å². The van der Waals surface area contributed by atoms with Crippen molar-refractivity contribution in [1.82, 2.24) is 15.1 Å². The molecule has 5 nitrogen and oxygen atoms in total. The number of aromatic nitrogens is 2. The maximum Gasteiger partial charge on any atom is 0.118 e. The van der Waals surface area contributed by atoms with Gasteiger partial charge in [-0.2, -0.15) is 5.10 Å². The van der Waals surface area contributed by atoms with Gasteiger partial charge in [0.15, 0.2) is 0 Å². The number of ether oxygens (including phenoxy) is 1. The smallest absolute Gasteiger partial charge is 0.118 e. The van der Waals surface area contributed by atoms with E-state index in [2.05, 4.69) is 33.5 Å². The van der Waals surface area contributed by atoms with Gasteiger partial charge in [0.1, 0.15) is 5.75 Å². The first kappa shape index (κ1) is 18.6. The van der Waals surface area contributed by atoms with Crippen LogP contribution in [0.3, 0.4) is 0 Å². The highest BCUT2D eigenvalue weighted by Gasteiger charge is 2.16. The SMILES string of the molecule is COc1ccc(-c2[nH]ncc2CN(Cc2sccc2C)C[C@H](C)O)cc1. The quantitative estimate of drug-likeness (QED) is 0.632. The van der Waals surface area contributed by atoms with Crippen LogP contribution in [0, 0.1) is 6.92 Å². The van der Waals surface area contributed by atoms with Gasteiger partial charge in [-0.25, -0.2) is 0 Å². The van der Waals surface area contributed by atoms with Crippen LogP contribution in [0.25, 0.3) is 11.3 Å². The number of hydrogen-bond acceptors (Lipinski definition) is 5. The van der Waals surface area contributed by atoms with Crippen LogP contribution in [0.15, 0.2) is 41.9 Å². The monoisotopic (exact) mass is 371 g/mol. The molecule has 0 bridgehead atoms. The van der Waals surface area contributed by atoms with Crippen molar-refractivity contribution in [2.45, 2.75) is 33.0 Å². The summed E-state index contributed by atoms with van der Waals surface area (Å²) in [4.78, 5) is 3.60. The molecule has 1 aromatic carbocycles. The number of nitrogens with zero attached hydrogens (tertiary/aromatic N) is 2. The number of aryl methyl sites for hydroxylation is 1. The number of H-pyrrole nitrogens is 1. The van der Waals surface area contributed by atoms with Gasteiger partial charge in [0.25, 0.3) is 0 Å². The molecule has 3 rings (SSSR count). The highest BCUT2D eigenvalue weighted by molar-refractivity contribution is 7.10. The fourth-order valence-electron chi connectivity index (χ4n) is 3.01. The third kappa shape index (κ3) is 4.52. The van der Waals surface area contributed by atoms with Crippen molar-refractivity contribution in [3.63, 3.8) is 0 Å². The van der Waals surface area contributed by atoms with Crippen LogP contribution >= 0.6 is 11.3 Å². The minimum atomic E-state index is -0.383. The lowest BCUT2D eigenvalue weighted by atomic mass is 10.1. The van der Waals surface area contributed by atoms with Crippen LogP contribution in [0.1, 0.15) is 22.9 Å². The van der Waals surface area contributed by atoms with E-state index in [1.165, 1.54) is 10.4 Å². The van der Waals surface area contributed by atoms with E-state index >= 15 is 0 Å². The Kier molecular flexibility index (Phi) is 6.08. The molecular weight excluding hydrogens is 346 g/mol. The van der Waals surface area contributed by atoms with Gasteiger partial charge in [-0.05, 0) is 55.1 Å². The molecule has 2 aromatic heterocycles. The van der Waals surface area contributed by atoms with Crippen molar-refractivity contribution in [2.75, 3.05) is 13.7 Å². The van der Waals surface area contributed by atoms with Gasteiger partial charge in [0.2, 0.25) is 0 Å². The van der Waals surface area contributed by atoms with Crippen LogP contribution in [0.5, 0.6) is 5.75 Å². The van der Waals surface area contributed by atoms with Crippen LogP contribution in [-0.4, -0.2) is 40.0 Å². The molecule has 138 valence electrons. The van der Waals surface area contributed by atoms with Gasteiger partial charge in [-0.1, -0.05) is 0 Å². The van der Waals surface area contributed by atoms with Crippen LogP contribution in [0.2, 0.25) is 0 Å². The number of aliphatic hydroxyl groups excluding tert-OH is 1. The van der Waals surface area contributed by atoms with Gasteiger partial charge in [0.05, 0.1) is 25.1 Å². The molecule has 1 atom stereocenters. The summed E-state index contributed by atoms with van der Waals surface area (Å²) in [5.74, 6) is 0.832. The molecule has 0 aliphatic heterocycles. The Labute approximate surface area is 158 Å². The van der Waals surface area contributed by atoms with Gasteiger partial charge in [-0.3, -0.25) is 10.00 Å². The molecule has 0 saturated carbocycles. The van der Waals surface area contributed by atoms with E-state index in [0.29, 0.717) is 6.54 Å². The third-order valence-corrected chi connectivity index (χ3v) is 5.36. The second kappa shape index (κ2) is 8.49. The fourth-order valence-corrected chi connectivity index (χ4v) is 3.95. The Balaban J connectivity index is 1.80. The minimum Gasteiger partial charge on any atom is -0.497 e. The Hall–Kier alpha value is -2.15. The summed E-state index contributed by atoms with van der Waals surface area (Å²) >= 11 is 1.76. The van der Waals surface area contributed by atoms with Crippen molar-refractivity contribution >= 4 is 11.3 Å². The molecule has 0 fully saturated rings. The maximum absolute atomic E-state index is 9.92. The van der Waals surface area contributed by atoms with Crippen molar-refractivity contribution in [3.8, 4) is 17.0 Å². The Bertz CT molecular complexity index is 824. The zero-order chi connectivity index (χ0) is 18.5. The summed E-state index contributed by atoms with van der Waals surface area (Å²) in [6.07, 6.45) is 1.49. The Morgan fingerprint density at radius 3 is 2.62 bits per heavy atom. The molecule has 2 N–H and O–H groups in total. The van der Waals surface area contributed by atoms with E-state index in [1.54, 1.807) is 18.4 Å². The number of rotatable bonds is 8. The zero-order valence-corrected chi connectivity index (χ0v) is 16.2. The largest absolute Gasteiger partial charge is 0.497 e. The maximum atomic E-state index is 9.92. The standard InChI is InChI=1S/C20H25N3O2S/c1-14-8-9-26-19(14)13-23(11-15(2)24)12-17-10-21-22-20(17)16-4-6-18(25-3)7-5-16/h4-10,15,24H,11-13H2,1-3H3,(H,21,22)/t15-/m0/s1. The molecule has 6 heteroatoms. The second-order valence-corrected chi connectivity index (χ2v) is 7.54. The van der Waals surface area contributed by atoms with Crippen LogP contribution in [-0.2, 0) is 13.1 Å². The summed E-state index contributed by atoms with van der Waals surface area (Å²) in [5, 5.41) is 19.4. The lowest BCUT2D eigenvalue weighted by Crippen LogP contribution is -2.30. The number of thiophene rings is 1. The lowest BCUT2D eigenvalue weighted by Gasteiger charge is -2.23. The zero-order valence-electron chi connectivity index (χ0n) is 15.4. The molecule has 0 aliphatic rings. The van der Waals surface area contributed by atoms with Crippen LogP contribution in [0.4, 0.5) is 0 Å². The van der Waals surface area contributed by atoms with Crippen molar-refractivity contribution < 1.29 is 9.84 Å². The normalized spacial score (nSPS) is 12.5.